The highest BCUT2D eigenvalue weighted by atomic mass is 16.5. The number of fused-ring (bicyclic) bond motifs is 1. The molecule has 0 radical (unpaired) electrons. The quantitative estimate of drug-likeness (QED) is 0.430. The second-order valence-electron chi connectivity index (χ2n) is 10.4. The van der Waals surface area contributed by atoms with E-state index < -0.39 is 12.0 Å². The molecule has 2 aromatic heterocycles. The number of unbranched alkanes of at least 4 members (excludes halogenated alkanes) is 1. The van der Waals surface area contributed by atoms with Gasteiger partial charge in [0.25, 0.3) is 5.56 Å². The summed E-state index contributed by atoms with van der Waals surface area (Å²) >= 11 is 0. The summed E-state index contributed by atoms with van der Waals surface area (Å²) in [6.45, 7) is 7.62. The third-order valence-corrected chi connectivity index (χ3v) is 7.19. The topological polar surface area (TPSA) is 96.7 Å². The molecular weight excluding hydrogens is 456 g/mol. The molecule has 2 aliphatic heterocycles. The van der Waals surface area contributed by atoms with Crippen LogP contribution in [0.4, 0.5) is 5.69 Å². The Morgan fingerprint density at radius 1 is 1.25 bits per heavy atom. The molecule has 0 spiro atoms. The monoisotopic (exact) mass is 496 g/mol. The number of nitrogens with zero attached hydrogens (tertiary/aromatic N) is 3. The maximum atomic E-state index is 12.6. The van der Waals surface area contributed by atoms with Crippen molar-refractivity contribution in [1.82, 2.24) is 14.5 Å². The molecule has 2 aromatic rings. The molecule has 36 heavy (non-hydrogen) atoms. The number of anilines is 1. The van der Waals surface area contributed by atoms with E-state index in [1.54, 1.807) is 16.7 Å². The Morgan fingerprint density at radius 2 is 2.11 bits per heavy atom. The largest absolute Gasteiger partial charge is 0.480 e. The minimum Gasteiger partial charge on any atom is -0.480 e. The molecule has 4 rings (SSSR count). The fourth-order valence-corrected chi connectivity index (χ4v) is 5.17. The Kier molecular flexibility index (Phi) is 9.15. The van der Waals surface area contributed by atoms with Gasteiger partial charge in [-0.05, 0) is 69.1 Å². The maximum absolute atomic E-state index is 12.6. The summed E-state index contributed by atoms with van der Waals surface area (Å²) in [4.78, 5) is 31.6. The first-order chi connectivity index (χ1) is 17.4. The van der Waals surface area contributed by atoms with Gasteiger partial charge in [0.1, 0.15) is 6.04 Å². The SMILES string of the molecule is CC(C)CCn1c(C(C(=O)O)N2CC[C@@H](OCCCCc3ccc4c(n3)CCCN4)C2)cccc1=O. The third kappa shape index (κ3) is 6.73. The van der Waals surface area contributed by atoms with E-state index in [-0.39, 0.29) is 11.7 Å². The number of nitrogens with one attached hydrogen (secondary N) is 1. The molecule has 8 heteroatoms. The second-order valence-corrected chi connectivity index (χ2v) is 10.4. The lowest BCUT2D eigenvalue weighted by Gasteiger charge is -2.27. The lowest BCUT2D eigenvalue weighted by molar-refractivity contribution is -0.143. The summed E-state index contributed by atoms with van der Waals surface area (Å²) < 4.78 is 7.76. The summed E-state index contributed by atoms with van der Waals surface area (Å²) in [6, 6.07) is 8.37. The number of pyridine rings is 2. The first-order valence-corrected chi connectivity index (χ1v) is 13.4. The van der Waals surface area contributed by atoms with E-state index in [0.29, 0.717) is 37.9 Å². The van der Waals surface area contributed by atoms with Crippen molar-refractivity contribution in [3.05, 3.63) is 57.8 Å². The van der Waals surface area contributed by atoms with Crippen molar-refractivity contribution in [2.75, 3.05) is 31.6 Å². The third-order valence-electron chi connectivity index (χ3n) is 7.19. The molecule has 8 nitrogen and oxygen atoms in total. The number of aromatic nitrogens is 2. The number of carboxylic acids is 1. The molecule has 4 heterocycles. The van der Waals surface area contributed by atoms with Crippen LogP contribution in [0.3, 0.4) is 0 Å². The van der Waals surface area contributed by atoms with Crippen LogP contribution in [0, 0.1) is 5.92 Å². The highest BCUT2D eigenvalue weighted by molar-refractivity contribution is 5.75. The molecule has 1 unspecified atom stereocenters. The fourth-order valence-electron chi connectivity index (χ4n) is 5.17. The summed E-state index contributed by atoms with van der Waals surface area (Å²) in [5.41, 5.74) is 3.91. The number of ether oxygens (including phenoxy) is 1. The van der Waals surface area contributed by atoms with E-state index in [0.717, 1.165) is 57.2 Å². The van der Waals surface area contributed by atoms with Crippen molar-refractivity contribution in [3.8, 4) is 0 Å². The predicted molar refractivity (Wildman–Crippen MR) is 140 cm³/mol. The van der Waals surface area contributed by atoms with E-state index in [1.165, 1.54) is 17.4 Å². The molecule has 2 atom stereocenters. The van der Waals surface area contributed by atoms with Crippen LogP contribution < -0.4 is 10.9 Å². The Balaban J connectivity index is 1.27. The van der Waals surface area contributed by atoms with Crippen LogP contribution in [0.15, 0.2) is 35.1 Å². The normalized spacial score (nSPS) is 18.7. The van der Waals surface area contributed by atoms with Crippen LogP contribution >= 0.6 is 0 Å². The number of carboxylic acid groups (broad SMARTS) is 1. The Hall–Kier alpha value is -2.71. The predicted octanol–water partition coefficient (Wildman–Crippen LogP) is 3.89. The average molecular weight is 497 g/mol. The number of hydrogen-bond acceptors (Lipinski definition) is 6. The van der Waals surface area contributed by atoms with Gasteiger partial charge in [-0.2, -0.15) is 0 Å². The molecule has 0 bridgehead atoms. The van der Waals surface area contributed by atoms with Crippen LogP contribution in [-0.2, 0) is 28.9 Å². The van der Waals surface area contributed by atoms with Crippen LogP contribution in [0.5, 0.6) is 0 Å². The van der Waals surface area contributed by atoms with Crippen molar-refractivity contribution >= 4 is 11.7 Å². The summed E-state index contributed by atoms with van der Waals surface area (Å²) in [5, 5.41) is 13.5. The van der Waals surface area contributed by atoms with Crippen LogP contribution in [0.2, 0.25) is 0 Å². The van der Waals surface area contributed by atoms with Crippen molar-refractivity contribution < 1.29 is 14.6 Å². The van der Waals surface area contributed by atoms with Gasteiger partial charge in [0, 0.05) is 50.2 Å². The Morgan fingerprint density at radius 3 is 2.92 bits per heavy atom. The van der Waals surface area contributed by atoms with Crippen molar-refractivity contribution in [1.29, 1.82) is 0 Å². The number of likely N-dealkylation sites (tertiary alicyclic amines) is 1. The van der Waals surface area contributed by atoms with E-state index in [2.05, 4.69) is 31.3 Å². The molecule has 196 valence electrons. The zero-order valence-electron chi connectivity index (χ0n) is 21.6. The lowest BCUT2D eigenvalue weighted by Crippen LogP contribution is -2.37. The van der Waals surface area contributed by atoms with Crippen LogP contribution in [-0.4, -0.2) is 57.9 Å². The molecule has 2 N–H and O–H groups in total. The molecular formula is C28H40N4O4. The standard InChI is InChI=1S/C28H40N4O4/c1-20(2)13-17-32-25(9-5-10-26(32)33)27(28(34)35)31-16-14-22(19-31)36-18-4-3-7-21-11-12-23-24(30-21)8-6-15-29-23/h5,9-12,20,22,27,29H,3-4,6-8,13-19H2,1-2H3,(H,34,35)/t22-,27?/m1/s1. The number of rotatable bonds is 12. The molecule has 0 saturated carbocycles. The highest BCUT2D eigenvalue weighted by Gasteiger charge is 2.35. The smallest absolute Gasteiger partial charge is 0.327 e. The Labute approximate surface area is 213 Å². The summed E-state index contributed by atoms with van der Waals surface area (Å²) in [5.74, 6) is -0.495. The minimum atomic E-state index is -0.924. The van der Waals surface area contributed by atoms with E-state index in [9.17, 15) is 14.7 Å². The van der Waals surface area contributed by atoms with Crippen molar-refractivity contribution in [3.63, 3.8) is 0 Å². The minimum absolute atomic E-state index is 0.0133. The van der Waals surface area contributed by atoms with Crippen molar-refractivity contribution in [2.24, 2.45) is 5.92 Å². The molecule has 2 aliphatic rings. The van der Waals surface area contributed by atoms with E-state index >= 15 is 0 Å². The first-order valence-electron chi connectivity index (χ1n) is 13.4. The number of carbonyl (C=O) groups is 1. The van der Waals surface area contributed by atoms with Crippen molar-refractivity contribution in [2.45, 2.75) is 77.5 Å². The number of aliphatic carboxylic acids is 1. The second kappa shape index (κ2) is 12.5. The highest BCUT2D eigenvalue weighted by Crippen LogP contribution is 2.27. The van der Waals surface area contributed by atoms with Gasteiger partial charge in [0.2, 0.25) is 0 Å². The average Bonchev–Trinajstić information content (AvgIpc) is 3.31. The van der Waals surface area contributed by atoms with Gasteiger partial charge in [-0.15, -0.1) is 0 Å². The van der Waals surface area contributed by atoms with Gasteiger partial charge in [-0.25, -0.2) is 0 Å². The zero-order chi connectivity index (χ0) is 25.5. The van der Waals surface area contributed by atoms with Gasteiger partial charge < -0.3 is 19.7 Å². The van der Waals surface area contributed by atoms with Gasteiger partial charge in [-0.1, -0.05) is 19.9 Å². The molecule has 0 aromatic carbocycles. The summed E-state index contributed by atoms with van der Waals surface area (Å²) in [6.07, 6.45) is 6.72. The maximum Gasteiger partial charge on any atom is 0.327 e. The summed E-state index contributed by atoms with van der Waals surface area (Å²) in [7, 11) is 0. The van der Waals surface area contributed by atoms with E-state index in [4.69, 9.17) is 9.72 Å². The molecule has 0 aliphatic carbocycles. The lowest BCUT2D eigenvalue weighted by atomic mass is 10.1. The van der Waals surface area contributed by atoms with E-state index in [1.807, 2.05) is 4.90 Å². The van der Waals surface area contributed by atoms with Gasteiger partial charge in [0.05, 0.1) is 17.5 Å². The van der Waals surface area contributed by atoms with Gasteiger partial charge >= 0.3 is 5.97 Å². The fraction of sp³-hybridized carbons (Fsp3) is 0.607. The van der Waals surface area contributed by atoms with Gasteiger partial charge in [0.15, 0.2) is 0 Å². The molecule has 1 saturated heterocycles. The number of hydrogen-bond donors (Lipinski definition) is 2. The Bertz CT molecular complexity index is 1080. The van der Waals surface area contributed by atoms with Crippen LogP contribution in [0.25, 0.3) is 0 Å². The first kappa shape index (κ1) is 26.4. The molecule has 1 fully saturated rings. The molecule has 0 amide bonds. The van der Waals surface area contributed by atoms with Crippen LogP contribution in [0.1, 0.15) is 69.1 Å². The number of aryl methyl sites for hydroxylation is 2. The van der Waals surface area contributed by atoms with Gasteiger partial charge in [-0.3, -0.25) is 19.5 Å². The zero-order valence-corrected chi connectivity index (χ0v) is 21.6.